The maximum absolute atomic E-state index is 13.2. The van der Waals surface area contributed by atoms with Gasteiger partial charge in [0.15, 0.2) is 5.60 Å². The number of benzene rings is 3. The Morgan fingerprint density at radius 2 is 1.50 bits per heavy atom. The largest absolute Gasteiger partial charge is 0.372 e. The quantitative estimate of drug-likeness (QED) is 0.265. The summed E-state index contributed by atoms with van der Waals surface area (Å²) in [6.07, 6.45) is 1.56. The molecule has 1 amide bonds. The lowest BCUT2D eigenvalue weighted by Crippen LogP contribution is -2.43. The van der Waals surface area contributed by atoms with Crippen LogP contribution in [0.5, 0.6) is 0 Å². The van der Waals surface area contributed by atoms with Crippen LogP contribution in [-0.4, -0.2) is 21.8 Å². The van der Waals surface area contributed by atoms with Crippen LogP contribution in [0.25, 0.3) is 5.69 Å². The molecule has 1 heterocycles. The zero-order valence-corrected chi connectivity index (χ0v) is 20.2. The SMILES string of the molecule is Cc1cc(C=NNC(=O)C(O)(c2ccccc2)c2ccccc2)c(C)n1-c1ccc(Cl)c(Cl)c1. The van der Waals surface area contributed by atoms with Gasteiger partial charge in [-0.2, -0.15) is 5.10 Å². The summed E-state index contributed by atoms with van der Waals surface area (Å²) < 4.78 is 2.02. The molecule has 7 heteroatoms. The number of hydrazone groups is 1. The standard InChI is InChI=1S/C27H23Cl2N3O2/c1-18-15-20(19(2)32(18)23-13-14-24(28)25(29)16-23)17-30-31-26(33)27(34,21-9-5-3-6-10-21)22-11-7-4-8-12-22/h3-17,34H,1-2H3,(H,31,33). The molecule has 0 saturated heterocycles. The number of carbonyl (C=O) groups is 1. The minimum absolute atomic E-state index is 0.451. The molecule has 0 bridgehead atoms. The van der Waals surface area contributed by atoms with Gasteiger partial charge >= 0.3 is 0 Å². The molecule has 5 nitrogen and oxygen atoms in total. The molecule has 0 atom stereocenters. The Morgan fingerprint density at radius 1 is 0.912 bits per heavy atom. The van der Waals surface area contributed by atoms with E-state index >= 15 is 0 Å². The van der Waals surface area contributed by atoms with Gasteiger partial charge in [-0.1, -0.05) is 83.9 Å². The van der Waals surface area contributed by atoms with Crippen LogP contribution in [0.3, 0.4) is 0 Å². The van der Waals surface area contributed by atoms with Crippen LogP contribution >= 0.6 is 23.2 Å². The second-order valence-corrected chi connectivity index (χ2v) is 8.72. The molecule has 0 saturated carbocycles. The molecule has 172 valence electrons. The van der Waals surface area contributed by atoms with Crippen molar-refractivity contribution < 1.29 is 9.90 Å². The Balaban J connectivity index is 1.61. The van der Waals surface area contributed by atoms with Gasteiger partial charge in [0.25, 0.3) is 5.91 Å². The summed E-state index contributed by atoms with van der Waals surface area (Å²) in [4.78, 5) is 13.2. The molecule has 0 spiro atoms. The van der Waals surface area contributed by atoms with Crippen molar-refractivity contribution in [1.29, 1.82) is 0 Å². The highest BCUT2D eigenvalue weighted by molar-refractivity contribution is 6.42. The van der Waals surface area contributed by atoms with E-state index in [2.05, 4.69) is 10.5 Å². The highest BCUT2D eigenvalue weighted by Gasteiger charge is 2.39. The van der Waals surface area contributed by atoms with Gasteiger partial charge in [0.05, 0.1) is 16.3 Å². The van der Waals surface area contributed by atoms with E-state index in [1.807, 2.05) is 42.7 Å². The molecule has 0 aliphatic carbocycles. The van der Waals surface area contributed by atoms with E-state index in [-0.39, 0.29) is 0 Å². The van der Waals surface area contributed by atoms with Gasteiger partial charge < -0.3 is 9.67 Å². The number of halogens is 2. The first-order valence-electron chi connectivity index (χ1n) is 10.6. The van der Waals surface area contributed by atoms with Crippen molar-refractivity contribution in [1.82, 2.24) is 9.99 Å². The predicted molar refractivity (Wildman–Crippen MR) is 137 cm³/mol. The highest BCUT2D eigenvalue weighted by atomic mass is 35.5. The maximum Gasteiger partial charge on any atom is 0.281 e. The fraction of sp³-hybridized carbons (Fsp3) is 0.111. The minimum atomic E-state index is -1.89. The van der Waals surface area contributed by atoms with Crippen molar-refractivity contribution in [2.75, 3.05) is 0 Å². The zero-order chi connectivity index (χ0) is 24.3. The first-order valence-corrected chi connectivity index (χ1v) is 11.4. The number of hydrogen-bond acceptors (Lipinski definition) is 3. The molecule has 0 fully saturated rings. The third-order valence-electron chi connectivity index (χ3n) is 5.71. The molecular weight excluding hydrogens is 469 g/mol. The number of nitrogens with one attached hydrogen (secondary N) is 1. The van der Waals surface area contributed by atoms with Crippen molar-refractivity contribution in [3.63, 3.8) is 0 Å². The third-order valence-corrected chi connectivity index (χ3v) is 6.45. The lowest BCUT2D eigenvalue weighted by molar-refractivity contribution is -0.136. The fourth-order valence-electron chi connectivity index (χ4n) is 3.97. The summed E-state index contributed by atoms with van der Waals surface area (Å²) in [6.45, 7) is 3.91. The van der Waals surface area contributed by atoms with Gasteiger partial charge in [0.1, 0.15) is 0 Å². The average molecular weight is 492 g/mol. The molecular formula is C27H23Cl2N3O2. The summed E-state index contributed by atoms with van der Waals surface area (Å²) in [5.41, 5.74) is 5.08. The lowest BCUT2D eigenvalue weighted by Gasteiger charge is -2.27. The average Bonchev–Trinajstić information content (AvgIpc) is 3.14. The van der Waals surface area contributed by atoms with Crippen LogP contribution in [0.2, 0.25) is 10.0 Å². The van der Waals surface area contributed by atoms with Crippen LogP contribution in [0, 0.1) is 13.8 Å². The highest BCUT2D eigenvalue weighted by Crippen LogP contribution is 2.30. The van der Waals surface area contributed by atoms with Crippen LogP contribution in [0.1, 0.15) is 28.1 Å². The van der Waals surface area contributed by atoms with Gasteiger partial charge in [-0.3, -0.25) is 4.79 Å². The number of hydrogen-bond donors (Lipinski definition) is 2. The van der Waals surface area contributed by atoms with Gasteiger partial charge in [-0.15, -0.1) is 0 Å². The molecule has 4 rings (SSSR count). The molecule has 0 aliphatic rings. The normalized spacial score (nSPS) is 11.7. The summed E-state index contributed by atoms with van der Waals surface area (Å²) in [5, 5.41) is 16.6. The van der Waals surface area contributed by atoms with Crippen molar-refractivity contribution in [2.45, 2.75) is 19.4 Å². The molecule has 4 aromatic rings. The van der Waals surface area contributed by atoms with Crippen molar-refractivity contribution >= 4 is 35.3 Å². The summed E-state index contributed by atoms with van der Waals surface area (Å²) in [6, 6.07) is 25.0. The molecule has 1 aromatic heterocycles. The lowest BCUT2D eigenvalue weighted by atomic mass is 9.85. The van der Waals surface area contributed by atoms with Gasteiger partial charge in [0.2, 0.25) is 0 Å². The number of nitrogens with zero attached hydrogens (tertiary/aromatic N) is 2. The van der Waals surface area contributed by atoms with E-state index in [9.17, 15) is 9.90 Å². The number of aryl methyl sites for hydroxylation is 1. The number of amides is 1. The zero-order valence-electron chi connectivity index (χ0n) is 18.7. The molecule has 0 unspecified atom stereocenters. The molecule has 34 heavy (non-hydrogen) atoms. The Bertz CT molecular complexity index is 1310. The number of carbonyl (C=O) groups excluding carboxylic acids is 1. The topological polar surface area (TPSA) is 66.6 Å². The second kappa shape index (κ2) is 9.85. The molecule has 3 aromatic carbocycles. The summed E-state index contributed by atoms with van der Waals surface area (Å²) >= 11 is 12.2. The monoisotopic (exact) mass is 491 g/mol. The van der Waals surface area contributed by atoms with E-state index < -0.39 is 11.5 Å². The molecule has 0 radical (unpaired) electrons. The number of aliphatic hydroxyl groups is 1. The maximum atomic E-state index is 13.2. The van der Waals surface area contributed by atoms with E-state index in [1.165, 1.54) is 0 Å². The van der Waals surface area contributed by atoms with E-state index in [1.54, 1.807) is 66.9 Å². The van der Waals surface area contributed by atoms with Crippen molar-refractivity contribution in [3.8, 4) is 5.69 Å². The van der Waals surface area contributed by atoms with Crippen molar-refractivity contribution in [3.05, 3.63) is 123 Å². The number of rotatable bonds is 6. The fourth-order valence-corrected chi connectivity index (χ4v) is 4.26. The van der Waals surface area contributed by atoms with Gasteiger partial charge in [-0.05, 0) is 49.2 Å². The summed E-state index contributed by atoms with van der Waals surface area (Å²) in [5.74, 6) is -0.653. The van der Waals surface area contributed by atoms with Crippen LogP contribution in [-0.2, 0) is 10.4 Å². The first-order chi connectivity index (χ1) is 16.3. The Labute approximate surface area is 208 Å². The Hall–Kier alpha value is -3.38. The van der Waals surface area contributed by atoms with E-state index in [0.29, 0.717) is 21.2 Å². The summed E-state index contributed by atoms with van der Waals surface area (Å²) in [7, 11) is 0. The van der Waals surface area contributed by atoms with Crippen LogP contribution < -0.4 is 5.43 Å². The first kappa shape index (κ1) is 23.8. The Kier molecular flexibility index (Phi) is 6.89. The minimum Gasteiger partial charge on any atom is -0.372 e. The van der Waals surface area contributed by atoms with Gasteiger partial charge in [-0.25, -0.2) is 5.43 Å². The Morgan fingerprint density at radius 3 is 2.06 bits per heavy atom. The predicted octanol–water partition coefficient (Wildman–Crippen LogP) is 5.79. The second-order valence-electron chi connectivity index (χ2n) is 7.90. The van der Waals surface area contributed by atoms with Crippen molar-refractivity contribution in [2.24, 2.45) is 5.10 Å². The van der Waals surface area contributed by atoms with E-state index in [4.69, 9.17) is 23.2 Å². The number of aromatic nitrogens is 1. The van der Waals surface area contributed by atoms with Crippen LogP contribution in [0.15, 0.2) is 90.0 Å². The smallest absolute Gasteiger partial charge is 0.281 e. The van der Waals surface area contributed by atoms with E-state index in [0.717, 1.165) is 22.6 Å². The third kappa shape index (κ3) is 4.50. The van der Waals surface area contributed by atoms with Crippen LogP contribution in [0.4, 0.5) is 0 Å². The van der Waals surface area contributed by atoms with Gasteiger partial charge in [0, 0.05) is 22.6 Å². The molecule has 2 N–H and O–H groups in total. The molecule has 0 aliphatic heterocycles.